The molecule has 0 aliphatic carbocycles. The number of carbonyl (C=O) groups excluding carboxylic acids is 1. The largest absolute Gasteiger partial charge is 0.408 e. The maximum atomic E-state index is 13.0. The molecule has 1 saturated heterocycles. The molecule has 2 atom stereocenters. The Bertz CT molecular complexity index is 694. The van der Waals surface area contributed by atoms with Crippen LogP contribution in [0.4, 0.5) is 13.2 Å². The highest BCUT2D eigenvalue weighted by atomic mass is 19.4. The lowest BCUT2D eigenvalue weighted by molar-refractivity contribution is -0.196. The molecule has 0 radical (unpaired) electrons. The summed E-state index contributed by atoms with van der Waals surface area (Å²) in [6.45, 7) is 1.70. The van der Waals surface area contributed by atoms with Crippen LogP contribution in [0.3, 0.4) is 0 Å². The number of halogens is 3. The van der Waals surface area contributed by atoms with Gasteiger partial charge in [0.1, 0.15) is 11.7 Å². The molecule has 1 aliphatic rings. The van der Waals surface area contributed by atoms with Crippen LogP contribution in [0.1, 0.15) is 25.5 Å². The SMILES string of the molecule is CC(=O)N1CC(NCc2cn3ccccc3n2)CCC1C(F)(F)F. The predicted molar refractivity (Wildman–Crippen MR) is 82.3 cm³/mol. The first-order valence-electron chi connectivity index (χ1n) is 7.84. The van der Waals surface area contributed by atoms with Crippen molar-refractivity contribution in [2.24, 2.45) is 0 Å². The van der Waals surface area contributed by atoms with Crippen molar-refractivity contribution >= 4 is 11.6 Å². The molecule has 0 bridgehead atoms. The van der Waals surface area contributed by atoms with E-state index in [0.29, 0.717) is 13.0 Å². The molecule has 0 aromatic carbocycles. The van der Waals surface area contributed by atoms with Crippen molar-refractivity contribution in [3.05, 3.63) is 36.3 Å². The standard InChI is InChI=1S/C16H19F3N4O/c1-11(24)23-10-12(5-6-14(23)16(17,18)19)20-8-13-9-22-7-3-2-4-15(22)21-13/h2-4,7,9,12,14,20H,5-6,8,10H2,1H3. The quantitative estimate of drug-likeness (QED) is 0.933. The zero-order chi connectivity index (χ0) is 17.3. The number of hydrogen-bond donors (Lipinski definition) is 1. The van der Waals surface area contributed by atoms with E-state index in [1.165, 1.54) is 6.92 Å². The lowest BCUT2D eigenvalue weighted by atomic mass is 9.97. The fraction of sp³-hybridized carbons (Fsp3) is 0.500. The van der Waals surface area contributed by atoms with Crippen LogP contribution in [-0.4, -0.2) is 45.0 Å². The number of rotatable bonds is 3. The van der Waals surface area contributed by atoms with Gasteiger partial charge in [-0.2, -0.15) is 13.2 Å². The van der Waals surface area contributed by atoms with Gasteiger partial charge in [-0.3, -0.25) is 4.79 Å². The normalized spacial score (nSPS) is 22.1. The van der Waals surface area contributed by atoms with Crippen LogP contribution in [-0.2, 0) is 11.3 Å². The van der Waals surface area contributed by atoms with Crippen LogP contribution in [0, 0.1) is 0 Å². The van der Waals surface area contributed by atoms with Gasteiger partial charge < -0.3 is 14.6 Å². The summed E-state index contributed by atoms with van der Waals surface area (Å²) in [6.07, 6.45) is -0.310. The van der Waals surface area contributed by atoms with E-state index in [2.05, 4.69) is 10.3 Å². The van der Waals surface area contributed by atoms with Gasteiger partial charge in [0, 0.05) is 38.4 Å². The third-order valence-corrected chi connectivity index (χ3v) is 4.35. The lowest BCUT2D eigenvalue weighted by Crippen LogP contribution is -2.57. The number of nitrogens with zero attached hydrogens (tertiary/aromatic N) is 3. The highest BCUT2D eigenvalue weighted by Crippen LogP contribution is 2.32. The highest BCUT2D eigenvalue weighted by Gasteiger charge is 2.47. The molecule has 2 aromatic rings. The molecule has 1 fully saturated rings. The van der Waals surface area contributed by atoms with Crippen LogP contribution in [0.15, 0.2) is 30.6 Å². The van der Waals surface area contributed by atoms with Gasteiger partial charge in [0.2, 0.25) is 5.91 Å². The number of piperidine rings is 1. The van der Waals surface area contributed by atoms with Gasteiger partial charge in [-0.05, 0) is 25.0 Å². The fourth-order valence-corrected chi connectivity index (χ4v) is 3.15. The average molecular weight is 340 g/mol. The second kappa shape index (κ2) is 6.43. The Labute approximate surface area is 137 Å². The number of amides is 1. The number of pyridine rings is 1. The highest BCUT2D eigenvalue weighted by molar-refractivity contribution is 5.74. The molecule has 0 saturated carbocycles. The van der Waals surface area contributed by atoms with E-state index in [9.17, 15) is 18.0 Å². The number of alkyl halides is 3. The summed E-state index contributed by atoms with van der Waals surface area (Å²) in [4.78, 5) is 16.9. The van der Waals surface area contributed by atoms with Crippen LogP contribution in [0.25, 0.3) is 5.65 Å². The van der Waals surface area contributed by atoms with Crippen LogP contribution >= 0.6 is 0 Å². The Morgan fingerprint density at radius 3 is 2.83 bits per heavy atom. The van der Waals surface area contributed by atoms with Crippen molar-refractivity contribution in [2.75, 3.05) is 6.54 Å². The topological polar surface area (TPSA) is 49.6 Å². The summed E-state index contributed by atoms with van der Waals surface area (Å²) in [5, 5.41) is 3.22. The zero-order valence-corrected chi connectivity index (χ0v) is 13.3. The maximum Gasteiger partial charge on any atom is 0.408 e. The lowest BCUT2D eigenvalue weighted by Gasteiger charge is -2.40. The first-order valence-corrected chi connectivity index (χ1v) is 7.84. The number of carbonyl (C=O) groups is 1. The maximum absolute atomic E-state index is 13.0. The summed E-state index contributed by atoms with van der Waals surface area (Å²) in [6, 6.07) is 3.83. The van der Waals surface area contributed by atoms with Crippen molar-refractivity contribution in [3.63, 3.8) is 0 Å². The minimum absolute atomic E-state index is 0.0624. The Hall–Kier alpha value is -2.09. The average Bonchev–Trinajstić information content (AvgIpc) is 2.94. The molecule has 1 aliphatic heterocycles. The van der Waals surface area contributed by atoms with E-state index in [1.54, 1.807) is 0 Å². The molecule has 3 heterocycles. The molecule has 8 heteroatoms. The molecule has 0 spiro atoms. The van der Waals surface area contributed by atoms with Crippen molar-refractivity contribution in [1.29, 1.82) is 0 Å². The van der Waals surface area contributed by atoms with E-state index in [-0.39, 0.29) is 19.0 Å². The van der Waals surface area contributed by atoms with E-state index < -0.39 is 18.1 Å². The molecular weight excluding hydrogens is 321 g/mol. The van der Waals surface area contributed by atoms with E-state index >= 15 is 0 Å². The molecule has 3 rings (SSSR count). The van der Waals surface area contributed by atoms with Gasteiger partial charge in [-0.15, -0.1) is 0 Å². The van der Waals surface area contributed by atoms with Gasteiger partial charge in [0.05, 0.1) is 5.69 Å². The zero-order valence-electron chi connectivity index (χ0n) is 13.3. The van der Waals surface area contributed by atoms with E-state index in [4.69, 9.17) is 0 Å². The molecule has 5 nitrogen and oxygen atoms in total. The third kappa shape index (κ3) is 3.53. The smallest absolute Gasteiger partial charge is 0.329 e. The van der Waals surface area contributed by atoms with E-state index in [0.717, 1.165) is 16.2 Å². The number of fused-ring (bicyclic) bond motifs is 1. The number of nitrogens with one attached hydrogen (secondary N) is 1. The van der Waals surface area contributed by atoms with Gasteiger partial charge in [0.25, 0.3) is 0 Å². The first kappa shape index (κ1) is 16.8. The van der Waals surface area contributed by atoms with Crippen LogP contribution in [0.2, 0.25) is 0 Å². The predicted octanol–water partition coefficient (Wildman–Crippen LogP) is 2.37. The first-order chi connectivity index (χ1) is 11.3. The number of aromatic nitrogens is 2. The molecule has 24 heavy (non-hydrogen) atoms. The third-order valence-electron chi connectivity index (χ3n) is 4.35. The van der Waals surface area contributed by atoms with Gasteiger partial charge in [0.15, 0.2) is 0 Å². The molecule has 1 amide bonds. The number of imidazole rings is 1. The molecular formula is C16H19F3N4O. The van der Waals surface area contributed by atoms with Crippen molar-refractivity contribution in [1.82, 2.24) is 19.6 Å². The van der Waals surface area contributed by atoms with Crippen molar-refractivity contribution in [3.8, 4) is 0 Å². The summed E-state index contributed by atoms with van der Waals surface area (Å²) in [7, 11) is 0. The number of likely N-dealkylation sites (tertiary alicyclic amines) is 1. The van der Waals surface area contributed by atoms with Crippen LogP contribution < -0.4 is 5.32 Å². The molecule has 1 N–H and O–H groups in total. The van der Waals surface area contributed by atoms with Gasteiger partial charge in [-0.25, -0.2) is 4.98 Å². The minimum atomic E-state index is -4.38. The minimum Gasteiger partial charge on any atom is -0.329 e. The molecule has 2 aromatic heterocycles. The summed E-state index contributed by atoms with van der Waals surface area (Å²) in [5.41, 5.74) is 1.63. The Kier molecular flexibility index (Phi) is 4.49. The van der Waals surface area contributed by atoms with E-state index in [1.807, 2.05) is 35.0 Å². The summed E-state index contributed by atoms with van der Waals surface area (Å²) < 4.78 is 41.0. The molecule has 130 valence electrons. The summed E-state index contributed by atoms with van der Waals surface area (Å²) >= 11 is 0. The Morgan fingerprint density at radius 2 is 2.17 bits per heavy atom. The van der Waals surface area contributed by atoms with Gasteiger partial charge in [-0.1, -0.05) is 6.07 Å². The fourth-order valence-electron chi connectivity index (χ4n) is 3.15. The Morgan fingerprint density at radius 1 is 1.38 bits per heavy atom. The van der Waals surface area contributed by atoms with Crippen molar-refractivity contribution < 1.29 is 18.0 Å². The van der Waals surface area contributed by atoms with Crippen LogP contribution in [0.5, 0.6) is 0 Å². The second-order valence-electron chi connectivity index (χ2n) is 6.08. The monoisotopic (exact) mass is 340 g/mol. The summed E-state index contributed by atoms with van der Waals surface area (Å²) in [5.74, 6) is -0.545. The van der Waals surface area contributed by atoms with Gasteiger partial charge >= 0.3 is 6.18 Å². The molecule has 2 unspecified atom stereocenters. The number of hydrogen-bond acceptors (Lipinski definition) is 3. The second-order valence-corrected chi connectivity index (χ2v) is 6.08. The Balaban J connectivity index is 1.63. The van der Waals surface area contributed by atoms with Crippen molar-refractivity contribution in [2.45, 2.75) is 44.6 Å².